The normalized spacial score (nSPS) is 16.6. The largest absolute Gasteiger partial charge is 0.384 e. The van der Waals surface area contributed by atoms with E-state index >= 15 is 0 Å². The lowest BCUT2D eigenvalue weighted by molar-refractivity contribution is -0.133. The lowest BCUT2D eigenvalue weighted by atomic mass is 9.93. The zero-order valence-electron chi connectivity index (χ0n) is 12.7. The second kappa shape index (κ2) is 7.11. The number of hydrogen-bond donors (Lipinski definition) is 2. The van der Waals surface area contributed by atoms with Gasteiger partial charge in [0.2, 0.25) is 11.8 Å². The first-order chi connectivity index (χ1) is 10.2. The molecule has 1 heterocycles. The number of anilines is 1. The molecule has 1 aromatic rings. The fourth-order valence-corrected chi connectivity index (χ4v) is 2.62. The smallest absolute Gasteiger partial charge is 0.241 e. The van der Waals surface area contributed by atoms with Gasteiger partial charge in [0.15, 0.2) is 0 Å². The first-order valence-corrected chi connectivity index (χ1v) is 7.53. The van der Waals surface area contributed by atoms with Crippen LogP contribution in [0.4, 0.5) is 5.69 Å². The van der Waals surface area contributed by atoms with Gasteiger partial charge in [-0.05, 0) is 31.9 Å². The van der Waals surface area contributed by atoms with Gasteiger partial charge in [-0.3, -0.25) is 9.59 Å². The third kappa shape index (κ3) is 3.74. The van der Waals surface area contributed by atoms with E-state index < -0.39 is 0 Å². The molecule has 1 aliphatic rings. The monoisotopic (exact) mass is 289 g/mol. The van der Waals surface area contributed by atoms with Crippen LogP contribution < -0.4 is 10.6 Å². The molecule has 1 unspecified atom stereocenters. The van der Waals surface area contributed by atoms with Crippen LogP contribution in [0, 0.1) is 5.92 Å². The molecule has 0 fully saturated rings. The van der Waals surface area contributed by atoms with Crippen molar-refractivity contribution in [1.82, 2.24) is 10.2 Å². The quantitative estimate of drug-likeness (QED) is 0.858. The second-order valence-corrected chi connectivity index (χ2v) is 5.22. The minimum atomic E-state index is -0.121. The highest BCUT2D eigenvalue weighted by atomic mass is 16.2. The van der Waals surface area contributed by atoms with Gasteiger partial charge in [0.1, 0.15) is 0 Å². The number of carbonyl (C=O) groups excluding carboxylic acids is 2. The van der Waals surface area contributed by atoms with Gasteiger partial charge < -0.3 is 15.5 Å². The molecule has 0 aromatic heterocycles. The Labute approximate surface area is 125 Å². The molecular weight excluding hydrogens is 266 g/mol. The van der Waals surface area contributed by atoms with E-state index in [9.17, 15) is 9.59 Å². The number of rotatable bonds is 5. The van der Waals surface area contributed by atoms with Crippen molar-refractivity contribution in [3.05, 3.63) is 29.8 Å². The summed E-state index contributed by atoms with van der Waals surface area (Å²) in [6.07, 6.45) is 0.717. The van der Waals surface area contributed by atoms with Crippen LogP contribution in [0.15, 0.2) is 24.3 Å². The highest BCUT2D eigenvalue weighted by molar-refractivity contribution is 5.86. The Hall–Kier alpha value is -2.04. The molecule has 0 saturated heterocycles. The van der Waals surface area contributed by atoms with E-state index in [0.29, 0.717) is 26.1 Å². The number of carbonyl (C=O) groups is 2. The molecule has 114 valence electrons. The van der Waals surface area contributed by atoms with Gasteiger partial charge in [-0.1, -0.05) is 18.2 Å². The number of hydrogen-bond acceptors (Lipinski definition) is 3. The SMILES string of the molecule is CCN(CC)C(=O)CNC(=O)C1CNc2ccccc2C1. The standard InChI is InChI=1S/C16H23N3O2/c1-3-19(4-2)15(20)11-18-16(21)13-9-12-7-5-6-8-14(12)17-10-13/h5-8,13,17H,3-4,9-11H2,1-2H3,(H,18,21). The van der Waals surface area contributed by atoms with Crippen molar-refractivity contribution in [3.8, 4) is 0 Å². The van der Waals surface area contributed by atoms with E-state index in [-0.39, 0.29) is 24.3 Å². The fourth-order valence-electron chi connectivity index (χ4n) is 2.62. The van der Waals surface area contributed by atoms with E-state index in [1.165, 1.54) is 0 Å². The fraction of sp³-hybridized carbons (Fsp3) is 0.500. The molecular formula is C16H23N3O2. The van der Waals surface area contributed by atoms with Crippen molar-refractivity contribution in [2.24, 2.45) is 5.92 Å². The molecule has 1 aliphatic heterocycles. The molecule has 2 rings (SSSR count). The zero-order valence-corrected chi connectivity index (χ0v) is 12.7. The minimum Gasteiger partial charge on any atom is -0.384 e. The summed E-state index contributed by atoms with van der Waals surface area (Å²) >= 11 is 0. The Morgan fingerprint density at radius 2 is 2.00 bits per heavy atom. The van der Waals surface area contributed by atoms with E-state index in [2.05, 4.69) is 10.6 Å². The van der Waals surface area contributed by atoms with Gasteiger partial charge in [0, 0.05) is 25.3 Å². The predicted molar refractivity (Wildman–Crippen MR) is 83.1 cm³/mol. The van der Waals surface area contributed by atoms with E-state index in [0.717, 1.165) is 11.3 Å². The van der Waals surface area contributed by atoms with Crippen LogP contribution in [0.1, 0.15) is 19.4 Å². The first kappa shape index (κ1) is 15.4. The van der Waals surface area contributed by atoms with Gasteiger partial charge in [-0.2, -0.15) is 0 Å². The van der Waals surface area contributed by atoms with Crippen molar-refractivity contribution in [1.29, 1.82) is 0 Å². The van der Waals surface area contributed by atoms with Crippen LogP contribution in [-0.4, -0.2) is 42.9 Å². The third-order valence-corrected chi connectivity index (χ3v) is 3.92. The maximum Gasteiger partial charge on any atom is 0.241 e. The molecule has 0 saturated carbocycles. The predicted octanol–water partition coefficient (Wildman–Crippen LogP) is 1.26. The molecule has 21 heavy (non-hydrogen) atoms. The summed E-state index contributed by atoms with van der Waals surface area (Å²) in [6.45, 7) is 5.91. The van der Waals surface area contributed by atoms with E-state index in [4.69, 9.17) is 0 Å². The van der Waals surface area contributed by atoms with Crippen molar-refractivity contribution < 1.29 is 9.59 Å². The summed E-state index contributed by atoms with van der Waals surface area (Å²) in [7, 11) is 0. The molecule has 2 amide bonds. The highest BCUT2D eigenvalue weighted by Gasteiger charge is 2.24. The number of likely N-dealkylation sites (N-methyl/N-ethyl adjacent to an activating group) is 1. The van der Waals surface area contributed by atoms with Gasteiger partial charge in [-0.15, -0.1) is 0 Å². The summed E-state index contributed by atoms with van der Waals surface area (Å²) < 4.78 is 0. The Morgan fingerprint density at radius 1 is 1.29 bits per heavy atom. The second-order valence-electron chi connectivity index (χ2n) is 5.22. The molecule has 0 spiro atoms. The number of para-hydroxylation sites is 1. The number of fused-ring (bicyclic) bond motifs is 1. The molecule has 2 N–H and O–H groups in total. The van der Waals surface area contributed by atoms with Gasteiger partial charge >= 0.3 is 0 Å². The summed E-state index contributed by atoms with van der Waals surface area (Å²) in [5.74, 6) is -0.209. The molecule has 0 radical (unpaired) electrons. The van der Waals surface area contributed by atoms with Crippen LogP contribution in [0.3, 0.4) is 0 Å². The molecule has 1 atom stereocenters. The van der Waals surface area contributed by atoms with E-state index in [1.807, 2.05) is 38.1 Å². The number of nitrogens with zero attached hydrogens (tertiary/aromatic N) is 1. The summed E-state index contributed by atoms with van der Waals surface area (Å²) in [5.41, 5.74) is 2.25. The summed E-state index contributed by atoms with van der Waals surface area (Å²) in [4.78, 5) is 25.8. The van der Waals surface area contributed by atoms with Crippen molar-refractivity contribution >= 4 is 17.5 Å². The van der Waals surface area contributed by atoms with Crippen molar-refractivity contribution in [3.63, 3.8) is 0 Å². The minimum absolute atomic E-state index is 0.0301. The molecule has 5 nitrogen and oxygen atoms in total. The molecule has 0 bridgehead atoms. The Balaban J connectivity index is 1.86. The Morgan fingerprint density at radius 3 is 2.71 bits per heavy atom. The maximum atomic E-state index is 12.2. The van der Waals surface area contributed by atoms with Crippen LogP contribution in [0.5, 0.6) is 0 Å². The summed E-state index contributed by atoms with van der Waals surface area (Å²) in [6, 6.07) is 8.01. The number of benzene rings is 1. The third-order valence-electron chi connectivity index (χ3n) is 3.92. The highest BCUT2D eigenvalue weighted by Crippen LogP contribution is 2.24. The number of amides is 2. The van der Waals surface area contributed by atoms with Crippen LogP contribution in [0.25, 0.3) is 0 Å². The van der Waals surface area contributed by atoms with Crippen LogP contribution in [0.2, 0.25) is 0 Å². The molecule has 5 heteroatoms. The van der Waals surface area contributed by atoms with Crippen molar-refractivity contribution in [2.45, 2.75) is 20.3 Å². The first-order valence-electron chi connectivity index (χ1n) is 7.53. The number of nitrogens with one attached hydrogen (secondary N) is 2. The van der Waals surface area contributed by atoms with Crippen LogP contribution >= 0.6 is 0 Å². The maximum absolute atomic E-state index is 12.2. The Kier molecular flexibility index (Phi) is 5.20. The van der Waals surface area contributed by atoms with Crippen LogP contribution in [-0.2, 0) is 16.0 Å². The lowest BCUT2D eigenvalue weighted by Gasteiger charge is -2.26. The molecule has 1 aromatic carbocycles. The summed E-state index contributed by atoms with van der Waals surface area (Å²) in [5, 5.41) is 6.03. The zero-order chi connectivity index (χ0) is 15.2. The average molecular weight is 289 g/mol. The van der Waals surface area contributed by atoms with Gasteiger partial charge in [0.25, 0.3) is 0 Å². The van der Waals surface area contributed by atoms with Gasteiger partial charge in [0.05, 0.1) is 12.5 Å². The van der Waals surface area contributed by atoms with Crippen molar-refractivity contribution in [2.75, 3.05) is 31.5 Å². The topological polar surface area (TPSA) is 61.4 Å². The van der Waals surface area contributed by atoms with Gasteiger partial charge in [-0.25, -0.2) is 0 Å². The van der Waals surface area contributed by atoms with E-state index in [1.54, 1.807) is 4.90 Å². The average Bonchev–Trinajstić information content (AvgIpc) is 2.53. The lowest BCUT2D eigenvalue weighted by Crippen LogP contribution is -2.44. The molecule has 0 aliphatic carbocycles. The Bertz CT molecular complexity index is 512.